The van der Waals surface area contributed by atoms with Crippen molar-refractivity contribution in [3.8, 4) is 0 Å². The van der Waals surface area contributed by atoms with Crippen molar-refractivity contribution in [2.24, 2.45) is 0 Å². The zero-order valence-electron chi connectivity index (χ0n) is 10.3. The lowest BCUT2D eigenvalue weighted by atomic mass is 10.1. The lowest BCUT2D eigenvalue weighted by Crippen LogP contribution is -2.37. The Morgan fingerprint density at radius 2 is 1.94 bits per heavy atom. The summed E-state index contributed by atoms with van der Waals surface area (Å²) in [6.07, 6.45) is 0.962. The standard InChI is InChI=1S/C13H20N2O/c1-4-9-14-13(16)15(3)10-12-7-5-11(2)6-8-12/h5-8H,4,9-10H2,1-3H3,(H,14,16). The summed E-state index contributed by atoms with van der Waals surface area (Å²) in [6.45, 7) is 5.48. The Morgan fingerprint density at radius 3 is 2.50 bits per heavy atom. The molecule has 1 aromatic carbocycles. The van der Waals surface area contributed by atoms with Crippen molar-refractivity contribution in [1.82, 2.24) is 10.2 Å². The molecule has 0 spiro atoms. The smallest absolute Gasteiger partial charge is 0.317 e. The molecular formula is C13H20N2O. The zero-order valence-corrected chi connectivity index (χ0v) is 10.3. The van der Waals surface area contributed by atoms with Crippen LogP contribution in [0.3, 0.4) is 0 Å². The Balaban J connectivity index is 2.47. The summed E-state index contributed by atoms with van der Waals surface area (Å²) in [5.41, 5.74) is 2.39. The lowest BCUT2D eigenvalue weighted by Gasteiger charge is -2.17. The maximum atomic E-state index is 11.6. The third kappa shape index (κ3) is 3.93. The van der Waals surface area contributed by atoms with Crippen molar-refractivity contribution in [1.29, 1.82) is 0 Å². The fourth-order valence-electron chi connectivity index (χ4n) is 1.41. The molecular weight excluding hydrogens is 200 g/mol. The monoisotopic (exact) mass is 220 g/mol. The summed E-state index contributed by atoms with van der Waals surface area (Å²) in [7, 11) is 1.81. The van der Waals surface area contributed by atoms with Gasteiger partial charge in [-0.25, -0.2) is 4.79 Å². The molecule has 1 aromatic rings. The summed E-state index contributed by atoms with van der Waals surface area (Å²) in [5, 5.41) is 2.85. The first kappa shape index (κ1) is 12.6. The highest BCUT2D eigenvalue weighted by molar-refractivity contribution is 5.73. The highest BCUT2D eigenvalue weighted by Gasteiger charge is 2.07. The number of nitrogens with zero attached hydrogens (tertiary/aromatic N) is 1. The minimum Gasteiger partial charge on any atom is -0.338 e. The van der Waals surface area contributed by atoms with Gasteiger partial charge in [-0.1, -0.05) is 36.8 Å². The Bertz CT molecular complexity index is 332. The molecule has 0 fully saturated rings. The number of amides is 2. The molecule has 0 radical (unpaired) electrons. The molecule has 0 aromatic heterocycles. The fourth-order valence-corrected chi connectivity index (χ4v) is 1.41. The molecule has 0 saturated carbocycles. The molecule has 3 heteroatoms. The van der Waals surface area contributed by atoms with Crippen LogP contribution in [0.2, 0.25) is 0 Å². The first-order valence-electron chi connectivity index (χ1n) is 5.68. The number of aryl methyl sites for hydroxylation is 1. The molecule has 0 saturated heterocycles. The highest BCUT2D eigenvalue weighted by atomic mass is 16.2. The number of benzene rings is 1. The van der Waals surface area contributed by atoms with Gasteiger partial charge in [-0.05, 0) is 18.9 Å². The quantitative estimate of drug-likeness (QED) is 0.831. The number of hydrogen-bond acceptors (Lipinski definition) is 1. The average molecular weight is 220 g/mol. The summed E-state index contributed by atoms with van der Waals surface area (Å²) in [6, 6.07) is 8.22. The second-order valence-electron chi connectivity index (χ2n) is 4.07. The number of hydrogen-bond donors (Lipinski definition) is 1. The van der Waals surface area contributed by atoms with E-state index in [-0.39, 0.29) is 6.03 Å². The van der Waals surface area contributed by atoms with Crippen LogP contribution in [0.25, 0.3) is 0 Å². The molecule has 0 unspecified atom stereocenters. The minimum atomic E-state index is -0.0116. The summed E-state index contributed by atoms with van der Waals surface area (Å²) >= 11 is 0. The first-order valence-corrected chi connectivity index (χ1v) is 5.68. The van der Waals surface area contributed by atoms with Crippen molar-refractivity contribution in [2.45, 2.75) is 26.8 Å². The predicted octanol–water partition coefficient (Wildman–Crippen LogP) is 2.55. The SMILES string of the molecule is CCCNC(=O)N(C)Cc1ccc(C)cc1. The Kier molecular flexibility index (Phi) is 4.83. The van der Waals surface area contributed by atoms with E-state index in [2.05, 4.69) is 36.5 Å². The Hall–Kier alpha value is -1.51. The molecule has 0 aliphatic rings. The molecule has 88 valence electrons. The number of urea groups is 1. The van der Waals surface area contributed by atoms with Crippen LogP contribution in [-0.4, -0.2) is 24.5 Å². The van der Waals surface area contributed by atoms with E-state index >= 15 is 0 Å². The van der Waals surface area contributed by atoms with Gasteiger partial charge in [0, 0.05) is 20.1 Å². The third-order valence-corrected chi connectivity index (χ3v) is 2.41. The van der Waals surface area contributed by atoms with Gasteiger partial charge in [-0.2, -0.15) is 0 Å². The van der Waals surface area contributed by atoms with Crippen molar-refractivity contribution in [3.05, 3.63) is 35.4 Å². The number of rotatable bonds is 4. The van der Waals surface area contributed by atoms with Crippen LogP contribution in [0.1, 0.15) is 24.5 Å². The van der Waals surface area contributed by atoms with Crippen LogP contribution >= 0.6 is 0 Å². The molecule has 0 aliphatic carbocycles. The highest BCUT2D eigenvalue weighted by Crippen LogP contribution is 2.05. The zero-order chi connectivity index (χ0) is 12.0. The van der Waals surface area contributed by atoms with E-state index in [1.807, 2.05) is 14.0 Å². The van der Waals surface area contributed by atoms with Crippen LogP contribution in [0, 0.1) is 6.92 Å². The normalized spacial score (nSPS) is 9.94. The van der Waals surface area contributed by atoms with E-state index in [1.54, 1.807) is 4.90 Å². The maximum Gasteiger partial charge on any atom is 0.317 e. The maximum absolute atomic E-state index is 11.6. The lowest BCUT2D eigenvalue weighted by molar-refractivity contribution is 0.207. The van der Waals surface area contributed by atoms with Crippen molar-refractivity contribution in [3.63, 3.8) is 0 Å². The largest absolute Gasteiger partial charge is 0.338 e. The number of carbonyl (C=O) groups excluding carboxylic acids is 1. The van der Waals surface area contributed by atoms with Gasteiger partial charge in [-0.3, -0.25) is 0 Å². The van der Waals surface area contributed by atoms with Crippen LogP contribution in [0.15, 0.2) is 24.3 Å². The number of carbonyl (C=O) groups is 1. The van der Waals surface area contributed by atoms with Gasteiger partial charge in [0.15, 0.2) is 0 Å². The van der Waals surface area contributed by atoms with E-state index in [4.69, 9.17) is 0 Å². The van der Waals surface area contributed by atoms with Gasteiger partial charge in [-0.15, -0.1) is 0 Å². The molecule has 16 heavy (non-hydrogen) atoms. The van der Waals surface area contributed by atoms with Crippen LogP contribution in [-0.2, 0) is 6.54 Å². The molecule has 0 heterocycles. The van der Waals surface area contributed by atoms with E-state index < -0.39 is 0 Å². The van der Waals surface area contributed by atoms with Gasteiger partial charge >= 0.3 is 6.03 Å². The first-order chi connectivity index (χ1) is 7.63. The van der Waals surface area contributed by atoms with E-state index in [0.717, 1.165) is 18.5 Å². The van der Waals surface area contributed by atoms with E-state index in [1.165, 1.54) is 5.56 Å². The van der Waals surface area contributed by atoms with Crippen LogP contribution in [0.5, 0.6) is 0 Å². The average Bonchev–Trinajstić information content (AvgIpc) is 2.29. The van der Waals surface area contributed by atoms with E-state index in [0.29, 0.717) is 6.54 Å². The van der Waals surface area contributed by atoms with Crippen molar-refractivity contribution >= 4 is 6.03 Å². The molecule has 0 bridgehead atoms. The predicted molar refractivity (Wildman–Crippen MR) is 66.3 cm³/mol. The van der Waals surface area contributed by atoms with Gasteiger partial charge in [0.25, 0.3) is 0 Å². The van der Waals surface area contributed by atoms with Crippen LogP contribution in [0.4, 0.5) is 4.79 Å². The topological polar surface area (TPSA) is 32.3 Å². The second-order valence-corrected chi connectivity index (χ2v) is 4.07. The molecule has 1 N–H and O–H groups in total. The molecule has 1 rings (SSSR count). The second kappa shape index (κ2) is 6.16. The summed E-state index contributed by atoms with van der Waals surface area (Å²) in [5.74, 6) is 0. The Morgan fingerprint density at radius 1 is 1.31 bits per heavy atom. The molecule has 0 atom stereocenters. The molecule has 3 nitrogen and oxygen atoms in total. The van der Waals surface area contributed by atoms with Crippen LogP contribution < -0.4 is 5.32 Å². The number of nitrogens with one attached hydrogen (secondary N) is 1. The summed E-state index contributed by atoms with van der Waals surface area (Å²) in [4.78, 5) is 13.3. The fraction of sp³-hybridized carbons (Fsp3) is 0.462. The Labute approximate surface area is 97.5 Å². The third-order valence-electron chi connectivity index (χ3n) is 2.41. The van der Waals surface area contributed by atoms with Crippen molar-refractivity contribution < 1.29 is 4.79 Å². The van der Waals surface area contributed by atoms with Gasteiger partial charge in [0.05, 0.1) is 0 Å². The van der Waals surface area contributed by atoms with E-state index in [9.17, 15) is 4.79 Å². The van der Waals surface area contributed by atoms with Crippen molar-refractivity contribution in [2.75, 3.05) is 13.6 Å². The minimum absolute atomic E-state index is 0.0116. The van der Waals surface area contributed by atoms with Gasteiger partial charge < -0.3 is 10.2 Å². The molecule has 0 aliphatic heterocycles. The van der Waals surface area contributed by atoms with Gasteiger partial charge in [0.1, 0.15) is 0 Å². The molecule has 2 amide bonds. The van der Waals surface area contributed by atoms with Gasteiger partial charge in [0.2, 0.25) is 0 Å². The summed E-state index contributed by atoms with van der Waals surface area (Å²) < 4.78 is 0.